The van der Waals surface area contributed by atoms with Gasteiger partial charge >= 0.3 is 0 Å². The minimum Gasteiger partial charge on any atom is -0.332 e. The summed E-state index contributed by atoms with van der Waals surface area (Å²) in [7, 11) is 0. The van der Waals surface area contributed by atoms with Crippen LogP contribution in [0.1, 0.15) is 28.5 Å². The highest BCUT2D eigenvalue weighted by molar-refractivity contribution is 8.13. The average Bonchev–Trinajstić information content (AvgIpc) is 3.28. The van der Waals surface area contributed by atoms with Crippen LogP contribution >= 0.6 is 23.1 Å². The van der Waals surface area contributed by atoms with Crippen LogP contribution in [0.5, 0.6) is 0 Å². The van der Waals surface area contributed by atoms with E-state index in [1.54, 1.807) is 16.2 Å². The van der Waals surface area contributed by atoms with E-state index in [-0.39, 0.29) is 17.2 Å². The van der Waals surface area contributed by atoms with Crippen molar-refractivity contribution in [3.8, 4) is 0 Å². The van der Waals surface area contributed by atoms with Crippen molar-refractivity contribution >= 4 is 34.2 Å². The van der Waals surface area contributed by atoms with E-state index in [2.05, 4.69) is 23.6 Å². The zero-order valence-electron chi connectivity index (χ0n) is 13.9. The van der Waals surface area contributed by atoms with Crippen LogP contribution in [-0.4, -0.2) is 46.3 Å². The molecule has 1 aromatic heterocycles. The van der Waals surface area contributed by atoms with E-state index in [0.29, 0.717) is 13.0 Å². The molecule has 1 fully saturated rings. The fraction of sp³-hybridized carbons (Fsp3) is 0.368. The summed E-state index contributed by atoms with van der Waals surface area (Å²) in [5.74, 6) is 0.970. The lowest BCUT2D eigenvalue weighted by Gasteiger charge is -2.36. The number of thiophene rings is 1. The van der Waals surface area contributed by atoms with Crippen molar-refractivity contribution < 1.29 is 9.59 Å². The van der Waals surface area contributed by atoms with Crippen molar-refractivity contribution in [1.29, 1.82) is 0 Å². The van der Waals surface area contributed by atoms with Crippen LogP contribution in [-0.2, 0) is 11.2 Å². The predicted octanol–water partition coefficient (Wildman–Crippen LogP) is 3.78. The lowest BCUT2D eigenvalue weighted by Crippen LogP contribution is -2.41. The van der Waals surface area contributed by atoms with Gasteiger partial charge in [-0.15, -0.1) is 11.3 Å². The van der Waals surface area contributed by atoms with E-state index in [1.807, 2.05) is 23.1 Å². The molecule has 2 amide bonds. The first-order chi connectivity index (χ1) is 12.2. The van der Waals surface area contributed by atoms with Crippen LogP contribution in [0, 0.1) is 0 Å². The molecule has 0 radical (unpaired) electrons. The fourth-order valence-corrected chi connectivity index (χ4v) is 5.34. The van der Waals surface area contributed by atoms with Gasteiger partial charge in [0.2, 0.25) is 5.91 Å². The van der Waals surface area contributed by atoms with Crippen molar-refractivity contribution in [2.24, 2.45) is 0 Å². The van der Waals surface area contributed by atoms with Crippen LogP contribution in [0.3, 0.4) is 0 Å². The summed E-state index contributed by atoms with van der Waals surface area (Å²) in [6.07, 6.45) is 1.32. The van der Waals surface area contributed by atoms with E-state index in [1.165, 1.54) is 22.2 Å². The highest BCUT2D eigenvalue weighted by Gasteiger charge is 2.33. The van der Waals surface area contributed by atoms with Crippen molar-refractivity contribution in [2.75, 3.05) is 25.4 Å². The van der Waals surface area contributed by atoms with Crippen molar-refractivity contribution in [2.45, 2.75) is 18.9 Å². The molecule has 0 N–H and O–H groups in total. The highest BCUT2D eigenvalue weighted by Crippen LogP contribution is 2.38. The fourth-order valence-electron chi connectivity index (χ4n) is 3.58. The topological polar surface area (TPSA) is 40.6 Å². The predicted molar refractivity (Wildman–Crippen MR) is 102 cm³/mol. The zero-order valence-corrected chi connectivity index (χ0v) is 15.5. The molecule has 0 bridgehead atoms. The Balaban J connectivity index is 1.55. The van der Waals surface area contributed by atoms with E-state index in [4.69, 9.17) is 0 Å². The Morgan fingerprint density at radius 1 is 1.16 bits per heavy atom. The maximum absolute atomic E-state index is 13.0. The van der Waals surface area contributed by atoms with Crippen molar-refractivity contribution in [3.05, 3.63) is 57.8 Å². The number of thioether (sulfide) groups is 1. The van der Waals surface area contributed by atoms with E-state index >= 15 is 0 Å². The number of rotatable bonds is 4. The van der Waals surface area contributed by atoms with Gasteiger partial charge in [0.25, 0.3) is 5.24 Å². The van der Waals surface area contributed by atoms with Gasteiger partial charge in [0.15, 0.2) is 0 Å². The number of hydrogen-bond donors (Lipinski definition) is 0. The quantitative estimate of drug-likeness (QED) is 0.820. The SMILES string of the molecule is O=C1SCCN1CCC(=O)N1CCc2sccc2[C@H]1c1ccccc1. The van der Waals surface area contributed by atoms with Gasteiger partial charge in [-0.2, -0.15) is 0 Å². The Morgan fingerprint density at radius 2 is 2.00 bits per heavy atom. The molecule has 0 spiro atoms. The molecule has 1 atom stereocenters. The zero-order chi connectivity index (χ0) is 17.2. The third kappa shape index (κ3) is 3.33. The molecule has 2 aliphatic rings. The molecule has 0 saturated carbocycles. The Morgan fingerprint density at radius 3 is 2.76 bits per heavy atom. The van der Waals surface area contributed by atoms with Gasteiger partial charge in [-0.05, 0) is 29.0 Å². The molecule has 1 saturated heterocycles. The first-order valence-electron chi connectivity index (χ1n) is 8.56. The molecule has 2 aliphatic heterocycles. The Kier molecular flexibility index (Phi) is 4.81. The molecule has 4 nitrogen and oxygen atoms in total. The number of hydrogen-bond acceptors (Lipinski definition) is 4. The van der Waals surface area contributed by atoms with Gasteiger partial charge in [-0.3, -0.25) is 9.59 Å². The molecule has 0 unspecified atom stereocenters. The maximum atomic E-state index is 13.0. The van der Waals surface area contributed by atoms with Gasteiger partial charge in [0.05, 0.1) is 6.04 Å². The monoisotopic (exact) mass is 372 g/mol. The molecule has 2 aromatic rings. The molecule has 3 heterocycles. The summed E-state index contributed by atoms with van der Waals surface area (Å²) in [5.41, 5.74) is 2.41. The lowest BCUT2D eigenvalue weighted by molar-refractivity contribution is -0.133. The van der Waals surface area contributed by atoms with Crippen LogP contribution in [0.4, 0.5) is 4.79 Å². The summed E-state index contributed by atoms with van der Waals surface area (Å²) < 4.78 is 0. The Hall–Kier alpha value is -1.79. The first kappa shape index (κ1) is 16.7. The maximum Gasteiger partial charge on any atom is 0.281 e. The van der Waals surface area contributed by atoms with Gasteiger partial charge in [-0.25, -0.2) is 0 Å². The normalized spacial score (nSPS) is 20.0. The molecular formula is C19H20N2O2S2. The molecule has 0 aliphatic carbocycles. The third-order valence-corrected chi connectivity index (χ3v) is 6.73. The molecule has 1 aromatic carbocycles. The van der Waals surface area contributed by atoms with Gasteiger partial charge in [0.1, 0.15) is 0 Å². The second kappa shape index (κ2) is 7.22. The van der Waals surface area contributed by atoms with Crippen LogP contribution < -0.4 is 0 Å². The average molecular weight is 373 g/mol. The number of carbonyl (C=O) groups is 2. The minimum atomic E-state index is -0.00708. The third-order valence-electron chi connectivity index (χ3n) is 4.84. The summed E-state index contributed by atoms with van der Waals surface area (Å²) in [4.78, 5) is 29.9. The standard InChI is InChI=1S/C19H20N2O2S2/c22-17(7-9-20-11-13-25-19(20)23)21-10-6-16-15(8-12-24-16)18(21)14-4-2-1-3-5-14/h1-5,8,12,18H,6-7,9-11,13H2/t18-/m1/s1. The summed E-state index contributed by atoms with van der Waals surface area (Å²) in [6, 6.07) is 12.4. The summed E-state index contributed by atoms with van der Waals surface area (Å²) >= 11 is 3.12. The molecule has 130 valence electrons. The van der Waals surface area contributed by atoms with Gasteiger partial charge in [-0.1, -0.05) is 42.1 Å². The van der Waals surface area contributed by atoms with Crippen LogP contribution in [0.15, 0.2) is 41.8 Å². The highest BCUT2D eigenvalue weighted by atomic mass is 32.2. The Labute approximate surface area is 155 Å². The van der Waals surface area contributed by atoms with E-state index in [0.717, 1.165) is 30.8 Å². The summed E-state index contributed by atoms with van der Waals surface area (Å²) in [5, 5.41) is 2.22. The number of nitrogens with zero attached hydrogens (tertiary/aromatic N) is 2. The smallest absolute Gasteiger partial charge is 0.281 e. The van der Waals surface area contributed by atoms with Gasteiger partial charge in [0, 0.05) is 36.7 Å². The van der Waals surface area contributed by atoms with E-state index in [9.17, 15) is 9.59 Å². The number of benzene rings is 1. The Bertz CT molecular complexity index is 775. The minimum absolute atomic E-state index is 0.00708. The number of carbonyl (C=O) groups excluding carboxylic acids is 2. The second-order valence-electron chi connectivity index (χ2n) is 6.30. The van der Waals surface area contributed by atoms with Crippen LogP contribution in [0.25, 0.3) is 0 Å². The number of amides is 2. The summed E-state index contributed by atoms with van der Waals surface area (Å²) in [6.45, 7) is 2.03. The number of fused-ring (bicyclic) bond motifs is 1. The molecular weight excluding hydrogens is 352 g/mol. The van der Waals surface area contributed by atoms with Gasteiger partial charge < -0.3 is 9.80 Å². The van der Waals surface area contributed by atoms with Crippen molar-refractivity contribution in [3.63, 3.8) is 0 Å². The van der Waals surface area contributed by atoms with E-state index < -0.39 is 0 Å². The van der Waals surface area contributed by atoms with Crippen molar-refractivity contribution in [1.82, 2.24) is 9.80 Å². The lowest BCUT2D eigenvalue weighted by atomic mass is 9.93. The first-order valence-corrected chi connectivity index (χ1v) is 10.4. The van der Waals surface area contributed by atoms with Crippen LogP contribution in [0.2, 0.25) is 0 Å². The largest absolute Gasteiger partial charge is 0.332 e. The molecule has 4 rings (SSSR count). The molecule has 6 heteroatoms. The second-order valence-corrected chi connectivity index (χ2v) is 8.35. The molecule has 25 heavy (non-hydrogen) atoms.